The zero-order valence-electron chi connectivity index (χ0n) is 11.6. The van der Waals surface area contributed by atoms with E-state index in [4.69, 9.17) is 0 Å². The third-order valence-electron chi connectivity index (χ3n) is 5.37. The summed E-state index contributed by atoms with van der Waals surface area (Å²) in [5.74, 6) is 6.77. The van der Waals surface area contributed by atoms with Crippen molar-refractivity contribution < 1.29 is 0 Å². The average molecular weight is 417 g/mol. The minimum absolute atomic E-state index is 0.368. The first kappa shape index (κ1) is 14.4. The fourth-order valence-corrected chi connectivity index (χ4v) is 14.4. The normalized spacial score (nSPS) is 38.2. The van der Waals surface area contributed by atoms with Gasteiger partial charge in [-0.3, -0.25) is 0 Å². The molecule has 2 spiro atoms. The molecule has 2 saturated heterocycles. The van der Waals surface area contributed by atoms with Crippen LogP contribution < -0.4 is 0 Å². The number of halogens is 1. The Labute approximate surface area is 151 Å². The fourth-order valence-electron chi connectivity index (χ4n) is 4.61. The zero-order valence-corrected chi connectivity index (χ0v) is 16.4. The highest BCUT2D eigenvalue weighted by Gasteiger charge is 2.67. The Morgan fingerprint density at radius 2 is 1.24 bits per heavy atom. The molecule has 0 aromatic heterocycles. The third kappa shape index (κ3) is 1.76. The minimum Gasteiger partial charge on any atom is -0.141 e. The van der Waals surface area contributed by atoms with Crippen molar-refractivity contribution in [3.05, 3.63) is 35.4 Å². The molecular weight excluding hydrogens is 400 g/mol. The van der Waals surface area contributed by atoms with Gasteiger partial charge in [-0.1, -0.05) is 40.2 Å². The second-order valence-corrected chi connectivity index (χ2v) is 13.1. The van der Waals surface area contributed by atoms with E-state index >= 15 is 0 Å². The highest BCUT2D eigenvalue weighted by molar-refractivity contribution is 9.10. The van der Waals surface area contributed by atoms with Gasteiger partial charge in [0, 0.05) is 34.8 Å². The Balaban J connectivity index is 1.74. The Kier molecular flexibility index (Phi) is 3.47. The van der Waals surface area contributed by atoms with E-state index in [1.54, 1.807) is 11.1 Å². The summed E-state index contributed by atoms with van der Waals surface area (Å²) in [6.07, 6.45) is 1.38. The second kappa shape index (κ2) is 5.05. The van der Waals surface area contributed by atoms with Crippen molar-refractivity contribution in [2.75, 3.05) is 23.0 Å². The van der Waals surface area contributed by atoms with E-state index in [1.165, 1.54) is 29.4 Å². The molecule has 2 aliphatic carbocycles. The fraction of sp³-hybridized carbons (Fsp3) is 0.625. The molecule has 0 amide bonds. The summed E-state index contributed by atoms with van der Waals surface area (Å²) < 4.78 is 0.737. The molecule has 5 rings (SSSR count). The van der Waals surface area contributed by atoms with Crippen LogP contribution in [0.5, 0.6) is 0 Å². The van der Waals surface area contributed by atoms with Crippen LogP contribution in [0.3, 0.4) is 0 Å². The van der Waals surface area contributed by atoms with Crippen molar-refractivity contribution in [3.8, 4) is 0 Å². The van der Waals surface area contributed by atoms with Gasteiger partial charge in [-0.05, 0) is 17.5 Å². The van der Waals surface area contributed by atoms with Crippen molar-refractivity contribution in [1.29, 1.82) is 0 Å². The van der Waals surface area contributed by atoms with Gasteiger partial charge >= 0.3 is 0 Å². The minimum atomic E-state index is 0.368. The van der Waals surface area contributed by atoms with Gasteiger partial charge in [0.05, 0.1) is 13.0 Å². The van der Waals surface area contributed by atoms with Crippen LogP contribution in [0.2, 0.25) is 0 Å². The molecule has 1 saturated carbocycles. The zero-order chi connectivity index (χ0) is 14.1. The molecule has 2 bridgehead atoms. The monoisotopic (exact) mass is 416 g/mol. The molecule has 0 nitrogen and oxygen atoms in total. The van der Waals surface area contributed by atoms with Crippen LogP contribution in [-0.2, 0) is 0 Å². The van der Waals surface area contributed by atoms with E-state index < -0.39 is 0 Å². The topological polar surface area (TPSA) is 0 Å². The molecule has 2 heterocycles. The standard InChI is InChI=1S/C16H17BrS4/c17-14-15(18-5-6-19-15)12-9-13(16(14)20-7-8-21-16)11-4-2-1-3-10(11)12/h1-4,12-14H,5-9H2/t12-,13-/m1/s1. The van der Waals surface area contributed by atoms with Gasteiger partial charge in [0.15, 0.2) is 0 Å². The summed E-state index contributed by atoms with van der Waals surface area (Å²) >= 11 is 13.2. The molecule has 2 atom stereocenters. The number of hydrogen-bond acceptors (Lipinski definition) is 4. The van der Waals surface area contributed by atoms with Gasteiger partial charge < -0.3 is 0 Å². The molecule has 4 aliphatic rings. The van der Waals surface area contributed by atoms with Crippen molar-refractivity contribution >= 4 is 63.0 Å². The Morgan fingerprint density at radius 1 is 0.810 bits per heavy atom. The smallest absolute Gasteiger partial charge is 0.0826 e. The average Bonchev–Trinajstić information content (AvgIpc) is 3.23. The molecular formula is C16H17BrS4. The van der Waals surface area contributed by atoms with E-state index in [2.05, 4.69) is 87.2 Å². The lowest BCUT2D eigenvalue weighted by molar-refractivity contribution is 0.431. The van der Waals surface area contributed by atoms with Crippen LogP contribution in [0, 0.1) is 0 Å². The summed E-state index contributed by atoms with van der Waals surface area (Å²) in [6.45, 7) is 0. The lowest BCUT2D eigenvalue weighted by Crippen LogP contribution is -2.52. The molecule has 2 aliphatic heterocycles. The van der Waals surface area contributed by atoms with Crippen LogP contribution >= 0.6 is 63.0 Å². The van der Waals surface area contributed by atoms with Crippen molar-refractivity contribution in [2.45, 2.75) is 31.2 Å². The molecule has 1 aromatic rings. The predicted octanol–water partition coefficient (Wildman–Crippen LogP) is 5.39. The van der Waals surface area contributed by atoms with Crippen LogP contribution in [0.4, 0.5) is 0 Å². The van der Waals surface area contributed by atoms with Crippen LogP contribution in [0.1, 0.15) is 29.4 Å². The quantitative estimate of drug-likeness (QED) is 0.519. The van der Waals surface area contributed by atoms with Gasteiger partial charge in [-0.2, -0.15) is 0 Å². The largest absolute Gasteiger partial charge is 0.141 e. The van der Waals surface area contributed by atoms with Gasteiger partial charge in [-0.15, -0.1) is 47.0 Å². The number of benzene rings is 1. The molecule has 0 unspecified atom stereocenters. The second-order valence-electron chi connectivity index (χ2n) is 6.17. The van der Waals surface area contributed by atoms with Gasteiger partial charge in [0.2, 0.25) is 0 Å². The first-order chi connectivity index (χ1) is 10.3. The Morgan fingerprint density at radius 3 is 1.67 bits per heavy atom. The summed E-state index contributed by atoms with van der Waals surface area (Å²) in [5.41, 5.74) is 3.33. The molecule has 112 valence electrons. The van der Waals surface area contributed by atoms with Gasteiger partial charge in [-0.25, -0.2) is 0 Å². The van der Waals surface area contributed by atoms with E-state index in [-0.39, 0.29) is 0 Å². The van der Waals surface area contributed by atoms with Crippen molar-refractivity contribution in [1.82, 2.24) is 0 Å². The van der Waals surface area contributed by atoms with E-state index in [0.29, 0.717) is 13.0 Å². The summed E-state index contributed by atoms with van der Waals surface area (Å²) in [6, 6.07) is 9.35. The molecule has 5 heteroatoms. The lowest BCUT2D eigenvalue weighted by atomic mass is 9.84. The van der Waals surface area contributed by atoms with Gasteiger partial charge in [0.25, 0.3) is 0 Å². The molecule has 21 heavy (non-hydrogen) atoms. The van der Waals surface area contributed by atoms with Crippen LogP contribution in [-0.4, -0.2) is 36.0 Å². The lowest BCUT2D eigenvalue weighted by Gasteiger charge is -2.52. The van der Waals surface area contributed by atoms with Crippen LogP contribution in [0.25, 0.3) is 0 Å². The third-order valence-corrected chi connectivity index (χ3v) is 15.5. The number of alkyl halides is 1. The Hall–Kier alpha value is 1.10. The predicted molar refractivity (Wildman–Crippen MR) is 105 cm³/mol. The summed E-state index contributed by atoms with van der Waals surface area (Å²) in [4.78, 5) is 0.614. The number of hydrogen-bond donors (Lipinski definition) is 0. The molecule has 0 N–H and O–H groups in total. The van der Waals surface area contributed by atoms with Gasteiger partial charge in [0.1, 0.15) is 0 Å². The van der Waals surface area contributed by atoms with Crippen molar-refractivity contribution in [3.63, 3.8) is 0 Å². The maximum atomic E-state index is 4.25. The summed E-state index contributed by atoms with van der Waals surface area (Å²) in [5, 5.41) is 0. The summed E-state index contributed by atoms with van der Waals surface area (Å²) in [7, 11) is 0. The van der Waals surface area contributed by atoms with Crippen molar-refractivity contribution in [2.24, 2.45) is 0 Å². The maximum Gasteiger partial charge on any atom is 0.0826 e. The van der Waals surface area contributed by atoms with E-state index in [0.717, 1.165) is 11.8 Å². The number of rotatable bonds is 0. The SMILES string of the molecule is BrC1C2(SCCS2)[C@@H]2C[C@H](c3ccccc32)C12SCCS2. The first-order valence-electron chi connectivity index (χ1n) is 7.57. The Bertz CT molecular complexity index is 528. The number of thioether (sulfide) groups is 4. The highest BCUT2D eigenvalue weighted by atomic mass is 79.9. The molecule has 3 fully saturated rings. The van der Waals surface area contributed by atoms with E-state index in [9.17, 15) is 0 Å². The first-order valence-corrected chi connectivity index (χ1v) is 12.4. The number of fused-ring (bicyclic) bond motifs is 7. The highest BCUT2D eigenvalue weighted by Crippen LogP contribution is 2.75. The van der Waals surface area contributed by atoms with E-state index in [1.807, 2.05) is 0 Å². The molecule has 1 aromatic carbocycles. The molecule has 0 radical (unpaired) electrons. The maximum absolute atomic E-state index is 4.25. The van der Waals surface area contributed by atoms with Crippen LogP contribution in [0.15, 0.2) is 24.3 Å².